The highest BCUT2D eigenvalue weighted by Crippen LogP contribution is 2.25. The van der Waals surface area contributed by atoms with Gasteiger partial charge >= 0.3 is 0 Å². The minimum Gasteiger partial charge on any atom is -0.483 e. The van der Waals surface area contributed by atoms with Crippen LogP contribution in [0.2, 0.25) is 0 Å². The van der Waals surface area contributed by atoms with Crippen LogP contribution in [0.5, 0.6) is 5.75 Å². The fraction of sp³-hybridized carbons (Fsp3) is 0.389. The third-order valence-corrected chi connectivity index (χ3v) is 4.79. The number of halogens is 1. The molecule has 1 unspecified atom stereocenters. The lowest BCUT2D eigenvalue weighted by atomic mass is 10.3. The predicted molar refractivity (Wildman–Crippen MR) is 97.6 cm³/mol. The molecule has 26 heavy (non-hydrogen) atoms. The van der Waals surface area contributed by atoms with Gasteiger partial charge in [-0.25, -0.2) is 4.39 Å². The second kappa shape index (κ2) is 8.35. The number of hydrogen-bond acceptors (Lipinski definition) is 5. The van der Waals surface area contributed by atoms with Crippen LogP contribution in [0.4, 0.5) is 4.39 Å². The number of rotatable bonds is 9. The van der Waals surface area contributed by atoms with E-state index in [1.54, 1.807) is 18.2 Å². The highest BCUT2D eigenvalue weighted by Gasteiger charge is 2.24. The number of benzene rings is 1. The summed E-state index contributed by atoms with van der Waals surface area (Å²) in [7, 11) is 0. The van der Waals surface area contributed by atoms with Crippen molar-refractivity contribution in [2.45, 2.75) is 43.6 Å². The number of carbonyl (C=O) groups is 1. The lowest BCUT2D eigenvalue weighted by Crippen LogP contribution is -2.27. The Balaban J connectivity index is 1.67. The number of thioether (sulfide) groups is 1. The zero-order chi connectivity index (χ0) is 18.5. The summed E-state index contributed by atoms with van der Waals surface area (Å²) in [4.78, 5) is 11.9. The first-order valence-corrected chi connectivity index (χ1v) is 9.43. The molecule has 0 radical (unpaired) electrons. The number of amides is 1. The summed E-state index contributed by atoms with van der Waals surface area (Å²) in [5, 5.41) is 12.0. The van der Waals surface area contributed by atoms with Gasteiger partial charge in [-0.3, -0.25) is 9.36 Å². The molecule has 1 saturated carbocycles. The molecule has 1 fully saturated rings. The van der Waals surface area contributed by atoms with Gasteiger partial charge in [0.25, 0.3) is 0 Å². The van der Waals surface area contributed by atoms with E-state index in [1.807, 2.05) is 11.5 Å². The van der Waals surface area contributed by atoms with Gasteiger partial charge in [-0.1, -0.05) is 17.8 Å². The molecule has 8 heteroatoms. The molecule has 0 spiro atoms. The lowest BCUT2D eigenvalue weighted by Gasteiger charge is -2.15. The van der Waals surface area contributed by atoms with Crippen LogP contribution in [0.25, 0.3) is 0 Å². The summed E-state index contributed by atoms with van der Waals surface area (Å²) in [6, 6.07) is 6.16. The minimum absolute atomic E-state index is 0.00261. The first-order valence-electron chi connectivity index (χ1n) is 8.45. The number of allylic oxidation sites excluding steroid dienone is 1. The van der Waals surface area contributed by atoms with Gasteiger partial charge in [0.05, 0.1) is 5.75 Å². The second-order valence-electron chi connectivity index (χ2n) is 6.08. The first-order chi connectivity index (χ1) is 12.6. The summed E-state index contributed by atoms with van der Waals surface area (Å²) >= 11 is 1.34. The maximum atomic E-state index is 13.0. The topological polar surface area (TPSA) is 69.0 Å². The van der Waals surface area contributed by atoms with Crippen molar-refractivity contribution in [3.05, 3.63) is 48.6 Å². The Kier molecular flexibility index (Phi) is 5.92. The zero-order valence-electron chi connectivity index (χ0n) is 14.5. The number of nitrogens with one attached hydrogen (secondary N) is 1. The van der Waals surface area contributed by atoms with Gasteiger partial charge in [-0.05, 0) is 44.0 Å². The molecule has 1 heterocycles. The van der Waals surface area contributed by atoms with Crippen LogP contribution in [0.1, 0.15) is 31.7 Å². The third kappa shape index (κ3) is 4.85. The standard InChI is InChI=1S/C18H21FN4O2S/c1-3-10-23-17(12(2)25-15-8-4-13(19)5-9-15)21-22-18(23)26-11-16(24)20-14-6-7-14/h3-5,8-9,12,14H,1,6-7,10-11H2,2H3,(H,20,24). The number of nitrogens with zero attached hydrogens (tertiary/aromatic N) is 3. The van der Waals surface area contributed by atoms with Crippen LogP contribution in [0.3, 0.4) is 0 Å². The molecular weight excluding hydrogens is 355 g/mol. The van der Waals surface area contributed by atoms with Gasteiger partial charge in [0, 0.05) is 12.6 Å². The summed E-state index contributed by atoms with van der Waals surface area (Å²) in [5.41, 5.74) is 0. The van der Waals surface area contributed by atoms with Crippen LogP contribution in [0.15, 0.2) is 42.1 Å². The van der Waals surface area contributed by atoms with Crippen molar-refractivity contribution in [3.8, 4) is 5.75 Å². The molecule has 1 N–H and O–H groups in total. The molecule has 2 aromatic rings. The Bertz CT molecular complexity index is 774. The van der Waals surface area contributed by atoms with E-state index in [0.29, 0.717) is 35.1 Å². The molecule has 1 atom stereocenters. The second-order valence-corrected chi connectivity index (χ2v) is 7.03. The van der Waals surface area contributed by atoms with Gasteiger partial charge in [-0.15, -0.1) is 16.8 Å². The Morgan fingerprint density at radius 1 is 1.46 bits per heavy atom. The molecular formula is C18H21FN4O2S. The SMILES string of the molecule is C=CCn1c(SCC(=O)NC2CC2)nnc1C(C)Oc1ccc(F)cc1. The molecule has 1 aliphatic rings. The lowest BCUT2D eigenvalue weighted by molar-refractivity contribution is -0.118. The molecule has 6 nitrogen and oxygen atoms in total. The molecule has 0 saturated heterocycles. The van der Waals surface area contributed by atoms with E-state index >= 15 is 0 Å². The normalized spacial score (nSPS) is 14.7. The van der Waals surface area contributed by atoms with Crippen LogP contribution >= 0.6 is 11.8 Å². The Hall–Kier alpha value is -2.35. The highest BCUT2D eigenvalue weighted by atomic mass is 32.2. The summed E-state index contributed by atoms with van der Waals surface area (Å²) in [5.74, 6) is 1.15. The van der Waals surface area contributed by atoms with Crippen molar-refractivity contribution in [2.24, 2.45) is 0 Å². The molecule has 0 aliphatic heterocycles. The Labute approximate surface area is 155 Å². The average Bonchev–Trinajstić information content (AvgIpc) is 3.34. The van der Waals surface area contributed by atoms with Crippen molar-refractivity contribution in [2.75, 3.05) is 5.75 Å². The van der Waals surface area contributed by atoms with Crippen molar-refractivity contribution in [3.63, 3.8) is 0 Å². The van der Waals surface area contributed by atoms with Crippen molar-refractivity contribution in [1.29, 1.82) is 0 Å². The van der Waals surface area contributed by atoms with Gasteiger partial charge in [0.15, 0.2) is 17.1 Å². The van der Waals surface area contributed by atoms with E-state index in [2.05, 4.69) is 22.1 Å². The number of hydrogen-bond donors (Lipinski definition) is 1. The molecule has 0 bridgehead atoms. The monoisotopic (exact) mass is 376 g/mol. The Morgan fingerprint density at radius 3 is 2.85 bits per heavy atom. The number of carbonyl (C=O) groups excluding carboxylic acids is 1. The van der Waals surface area contributed by atoms with E-state index in [0.717, 1.165) is 12.8 Å². The van der Waals surface area contributed by atoms with E-state index in [9.17, 15) is 9.18 Å². The van der Waals surface area contributed by atoms with Crippen LogP contribution in [-0.2, 0) is 11.3 Å². The van der Waals surface area contributed by atoms with Crippen molar-refractivity contribution < 1.29 is 13.9 Å². The van der Waals surface area contributed by atoms with E-state index in [4.69, 9.17) is 4.74 Å². The largest absolute Gasteiger partial charge is 0.483 e. The maximum Gasteiger partial charge on any atom is 0.230 e. The van der Waals surface area contributed by atoms with Crippen molar-refractivity contribution in [1.82, 2.24) is 20.1 Å². The van der Waals surface area contributed by atoms with Gasteiger partial charge in [0.2, 0.25) is 5.91 Å². The van der Waals surface area contributed by atoms with Crippen LogP contribution in [0, 0.1) is 5.82 Å². The quantitative estimate of drug-likeness (QED) is 0.538. The van der Waals surface area contributed by atoms with E-state index in [1.165, 1.54) is 23.9 Å². The summed E-state index contributed by atoms with van der Waals surface area (Å²) in [6.07, 6.45) is 3.48. The number of ether oxygens (including phenoxy) is 1. The average molecular weight is 376 g/mol. The first kappa shape index (κ1) is 18.4. The fourth-order valence-electron chi connectivity index (χ4n) is 2.41. The third-order valence-electron chi connectivity index (χ3n) is 3.82. The van der Waals surface area contributed by atoms with E-state index < -0.39 is 0 Å². The molecule has 1 aromatic carbocycles. The molecule has 1 amide bonds. The number of aromatic nitrogens is 3. The van der Waals surface area contributed by atoms with Gasteiger partial charge in [0.1, 0.15) is 11.6 Å². The zero-order valence-corrected chi connectivity index (χ0v) is 15.3. The van der Waals surface area contributed by atoms with Gasteiger partial charge < -0.3 is 10.1 Å². The van der Waals surface area contributed by atoms with Crippen LogP contribution < -0.4 is 10.1 Å². The fourth-order valence-corrected chi connectivity index (χ4v) is 3.17. The summed E-state index contributed by atoms with van der Waals surface area (Å²) in [6.45, 7) is 6.12. The molecule has 1 aromatic heterocycles. The molecule has 3 rings (SSSR count). The molecule has 138 valence electrons. The highest BCUT2D eigenvalue weighted by molar-refractivity contribution is 7.99. The Morgan fingerprint density at radius 2 is 2.19 bits per heavy atom. The van der Waals surface area contributed by atoms with Gasteiger partial charge in [-0.2, -0.15) is 0 Å². The predicted octanol–water partition coefficient (Wildman–Crippen LogP) is 3.11. The van der Waals surface area contributed by atoms with E-state index in [-0.39, 0.29) is 17.8 Å². The summed E-state index contributed by atoms with van der Waals surface area (Å²) < 4.78 is 20.7. The van der Waals surface area contributed by atoms with Crippen LogP contribution in [-0.4, -0.2) is 32.5 Å². The van der Waals surface area contributed by atoms with Crippen molar-refractivity contribution >= 4 is 17.7 Å². The molecule has 1 aliphatic carbocycles. The minimum atomic E-state index is -0.387. The smallest absolute Gasteiger partial charge is 0.230 e. The maximum absolute atomic E-state index is 13.0.